The van der Waals surface area contributed by atoms with E-state index in [1.54, 1.807) is 54.7 Å². The van der Waals surface area contributed by atoms with Crippen molar-refractivity contribution in [2.45, 2.75) is 6.54 Å². The Balaban J connectivity index is 1.54. The summed E-state index contributed by atoms with van der Waals surface area (Å²) in [7, 11) is 1.74. The monoisotopic (exact) mass is 442 g/mol. The number of halogens is 2. The summed E-state index contributed by atoms with van der Waals surface area (Å²) in [5, 5.41) is 9.92. The largest absolute Gasteiger partial charge is 0.431 e. The number of nitrogens with two attached hydrogens (primary N) is 1. The number of hydrogen-bond donors (Lipinski definition) is 2. The molecular weight excluding hydrogens is 427 g/mol. The number of aromatic nitrogens is 2. The van der Waals surface area contributed by atoms with Crippen LogP contribution in [0.15, 0.2) is 53.8 Å². The third-order valence-corrected chi connectivity index (χ3v) is 4.96. The van der Waals surface area contributed by atoms with Crippen molar-refractivity contribution in [2.75, 3.05) is 17.4 Å². The highest BCUT2D eigenvalue weighted by Crippen LogP contribution is 2.33. The number of hydrogen-bond acceptors (Lipinski definition) is 7. The molecule has 30 heavy (non-hydrogen) atoms. The average Bonchev–Trinajstić information content (AvgIpc) is 2.72. The first-order valence-corrected chi connectivity index (χ1v) is 9.62. The number of nitrogens with one attached hydrogen (secondary N) is 1. The Bertz CT molecular complexity index is 1150. The van der Waals surface area contributed by atoms with Gasteiger partial charge < -0.3 is 15.8 Å². The molecule has 0 radical (unpaired) electrons. The van der Waals surface area contributed by atoms with Crippen LogP contribution in [-0.2, 0) is 6.54 Å². The van der Waals surface area contributed by atoms with Gasteiger partial charge in [-0.15, -0.1) is 5.10 Å². The summed E-state index contributed by atoms with van der Waals surface area (Å²) < 4.78 is 5.85. The number of primary amides is 1. The third-order valence-electron chi connectivity index (χ3n) is 4.33. The van der Waals surface area contributed by atoms with Crippen molar-refractivity contribution in [3.8, 4) is 5.75 Å². The second-order valence-electron chi connectivity index (χ2n) is 6.43. The van der Waals surface area contributed by atoms with E-state index in [1.165, 1.54) is 0 Å². The van der Waals surface area contributed by atoms with Crippen LogP contribution in [0.2, 0.25) is 10.0 Å². The normalized spacial score (nSPS) is 12.6. The highest BCUT2D eigenvalue weighted by Gasteiger charge is 2.25. The molecule has 3 aromatic rings. The van der Waals surface area contributed by atoms with Crippen LogP contribution in [-0.4, -0.2) is 28.8 Å². The molecule has 0 atom stereocenters. The molecule has 1 amide bonds. The van der Waals surface area contributed by atoms with Crippen molar-refractivity contribution in [1.82, 2.24) is 9.97 Å². The van der Waals surface area contributed by atoms with E-state index < -0.39 is 5.91 Å². The van der Waals surface area contributed by atoms with Crippen molar-refractivity contribution in [3.05, 3.63) is 75.4 Å². The number of nitrogens with zero attached hydrogens (tertiary/aromatic N) is 4. The molecule has 1 aromatic heterocycles. The fraction of sp³-hybridized carbons (Fsp3) is 0.100. The van der Waals surface area contributed by atoms with E-state index in [9.17, 15) is 4.79 Å². The first-order chi connectivity index (χ1) is 14.4. The second-order valence-corrected chi connectivity index (χ2v) is 7.24. The number of amides is 1. The predicted octanol–water partition coefficient (Wildman–Crippen LogP) is 3.68. The topological polar surface area (TPSA) is 106 Å². The number of rotatable bonds is 5. The van der Waals surface area contributed by atoms with Gasteiger partial charge in [-0.05, 0) is 29.8 Å². The maximum Gasteiger partial charge on any atom is 0.248 e. The lowest BCUT2D eigenvalue weighted by atomic mass is 10.1. The number of fused-ring (bicyclic) bond motifs is 1. The van der Waals surface area contributed by atoms with Gasteiger partial charge in [-0.25, -0.2) is 9.99 Å². The summed E-state index contributed by atoms with van der Waals surface area (Å²) in [5.74, 6) is 1.05. The fourth-order valence-electron chi connectivity index (χ4n) is 2.88. The number of hydrazone groups is 1. The quantitative estimate of drug-likeness (QED) is 0.623. The van der Waals surface area contributed by atoms with Crippen LogP contribution in [0, 0.1) is 0 Å². The van der Waals surface area contributed by atoms with Crippen molar-refractivity contribution < 1.29 is 9.53 Å². The van der Waals surface area contributed by atoms with Gasteiger partial charge in [-0.2, -0.15) is 4.98 Å². The SMILES string of the molecule is CN1N=C(c2c(Cl)cccc2Cl)Oc2cnc(NCc3cccc(C(N)=O)c3)nc21. The Kier molecular flexibility index (Phi) is 5.43. The average molecular weight is 443 g/mol. The molecule has 0 spiro atoms. The van der Waals surface area contributed by atoms with Crippen LogP contribution in [0.3, 0.4) is 0 Å². The minimum atomic E-state index is -0.479. The van der Waals surface area contributed by atoms with E-state index >= 15 is 0 Å². The van der Waals surface area contributed by atoms with Gasteiger partial charge in [-0.1, -0.05) is 41.4 Å². The predicted molar refractivity (Wildman–Crippen MR) is 116 cm³/mol. The van der Waals surface area contributed by atoms with Gasteiger partial charge in [0, 0.05) is 19.2 Å². The number of benzene rings is 2. The minimum Gasteiger partial charge on any atom is -0.431 e. The number of carbonyl (C=O) groups is 1. The summed E-state index contributed by atoms with van der Waals surface area (Å²) in [5.41, 5.74) is 7.12. The van der Waals surface area contributed by atoms with Gasteiger partial charge in [0.2, 0.25) is 17.8 Å². The number of ether oxygens (including phenoxy) is 1. The Labute approximate surface area is 182 Å². The van der Waals surface area contributed by atoms with Crippen LogP contribution in [0.4, 0.5) is 11.8 Å². The molecule has 0 saturated heterocycles. The molecule has 0 saturated carbocycles. The maximum atomic E-state index is 11.3. The van der Waals surface area contributed by atoms with Crippen LogP contribution >= 0.6 is 23.2 Å². The Morgan fingerprint density at radius 1 is 1.20 bits per heavy atom. The Hall–Kier alpha value is -3.36. The summed E-state index contributed by atoms with van der Waals surface area (Å²) >= 11 is 12.5. The number of anilines is 2. The summed E-state index contributed by atoms with van der Waals surface area (Å²) in [6.45, 7) is 0.411. The summed E-state index contributed by atoms with van der Waals surface area (Å²) in [4.78, 5) is 20.1. The standard InChI is InChI=1S/C20H16Cl2N6O2/c1-28-18-15(30-19(27-28)16-13(21)6-3-7-14(16)22)10-25-20(26-18)24-9-11-4-2-5-12(8-11)17(23)29/h2-8,10H,9H2,1H3,(H2,23,29)(H,24,25,26). The van der Waals surface area contributed by atoms with E-state index in [0.717, 1.165) is 5.56 Å². The van der Waals surface area contributed by atoms with Crippen LogP contribution in [0.5, 0.6) is 5.75 Å². The molecule has 0 unspecified atom stereocenters. The van der Waals surface area contributed by atoms with Gasteiger partial charge >= 0.3 is 0 Å². The van der Waals surface area contributed by atoms with Gasteiger partial charge in [0.05, 0.1) is 21.8 Å². The molecule has 1 aliphatic heterocycles. The lowest BCUT2D eigenvalue weighted by molar-refractivity contribution is 0.1000. The molecular formula is C20H16Cl2N6O2. The molecule has 0 fully saturated rings. The van der Waals surface area contributed by atoms with Crippen LogP contribution in [0.1, 0.15) is 21.5 Å². The molecule has 2 aromatic carbocycles. The minimum absolute atomic E-state index is 0.258. The molecule has 8 nitrogen and oxygen atoms in total. The Morgan fingerprint density at radius 3 is 2.67 bits per heavy atom. The van der Waals surface area contributed by atoms with Crippen LogP contribution < -0.4 is 20.8 Å². The molecule has 3 N–H and O–H groups in total. The first-order valence-electron chi connectivity index (χ1n) is 8.86. The summed E-state index contributed by atoms with van der Waals surface area (Å²) in [6, 6.07) is 12.2. The maximum absolute atomic E-state index is 11.3. The van der Waals surface area contributed by atoms with Crippen molar-refractivity contribution in [3.63, 3.8) is 0 Å². The molecule has 1 aliphatic rings. The molecule has 0 aliphatic carbocycles. The lowest BCUT2D eigenvalue weighted by Crippen LogP contribution is -2.26. The van der Waals surface area contributed by atoms with Crippen molar-refractivity contribution in [1.29, 1.82) is 0 Å². The molecule has 152 valence electrons. The summed E-state index contributed by atoms with van der Waals surface area (Å²) in [6.07, 6.45) is 1.54. The molecule has 2 heterocycles. The molecule has 0 bridgehead atoms. The van der Waals surface area contributed by atoms with Gasteiger partial charge in [-0.3, -0.25) is 4.79 Å². The van der Waals surface area contributed by atoms with Crippen molar-refractivity contribution >= 4 is 46.8 Å². The fourth-order valence-corrected chi connectivity index (χ4v) is 3.44. The van der Waals surface area contributed by atoms with E-state index in [4.69, 9.17) is 33.7 Å². The zero-order valence-electron chi connectivity index (χ0n) is 15.8. The molecule has 10 heteroatoms. The van der Waals surface area contributed by atoms with Crippen LogP contribution in [0.25, 0.3) is 0 Å². The van der Waals surface area contributed by atoms with E-state index in [1.807, 2.05) is 6.07 Å². The van der Waals surface area contributed by atoms with Gasteiger partial charge in [0.15, 0.2) is 11.6 Å². The van der Waals surface area contributed by atoms with E-state index in [-0.39, 0.29) is 5.90 Å². The zero-order valence-corrected chi connectivity index (χ0v) is 17.3. The van der Waals surface area contributed by atoms with E-state index in [2.05, 4.69) is 20.4 Å². The molecule has 4 rings (SSSR count). The Morgan fingerprint density at radius 2 is 1.93 bits per heavy atom. The highest BCUT2D eigenvalue weighted by atomic mass is 35.5. The van der Waals surface area contributed by atoms with Gasteiger partial charge in [0.25, 0.3) is 0 Å². The van der Waals surface area contributed by atoms with Crippen molar-refractivity contribution in [2.24, 2.45) is 10.8 Å². The highest BCUT2D eigenvalue weighted by molar-refractivity contribution is 6.39. The lowest BCUT2D eigenvalue weighted by Gasteiger charge is -2.24. The van der Waals surface area contributed by atoms with Gasteiger partial charge in [0.1, 0.15) is 0 Å². The third kappa shape index (κ3) is 4.00. The first kappa shape index (κ1) is 19.9. The zero-order chi connectivity index (χ0) is 21.3. The smallest absolute Gasteiger partial charge is 0.248 e. The van der Waals surface area contributed by atoms with E-state index in [0.29, 0.717) is 45.2 Å². The number of carbonyl (C=O) groups excluding carboxylic acids is 1. The second kappa shape index (κ2) is 8.17.